The van der Waals surface area contributed by atoms with Crippen molar-refractivity contribution < 1.29 is 19.2 Å². The minimum absolute atomic E-state index is 0.128. The fraction of sp³-hybridized carbons (Fsp3) is 0.0870. The molecule has 0 saturated heterocycles. The zero-order valence-corrected chi connectivity index (χ0v) is 18.0. The molecule has 168 valence electrons. The van der Waals surface area contributed by atoms with E-state index in [9.17, 15) is 19.7 Å². The van der Waals surface area contributed by atoms with Crippen molar-refractivity contribution in [3.05, 3.63) is 99.1 Å². The van der Waals surface area contributed by atoms with Crippen molar-refractivity contribution in [2.24, 2.45) is 5.10 Å². The van der Waals surface area contributed by atoms with Gasteiger partial charge in [0.2, 0.25) is 5.91 Å². The molecule has 3 aromatic carbocycles. The predicted octanol–water partition coefficient (Wildman–Crippen LogP) is 3.96. The molecule has 10 heteroatoms. The fourth-order valence-corrected chi connectivity index (χ4v) is 3.05. The number of benzene rings is 3. The molecule has 0 aliphatic rings. The number of para-hydroxylation sites is 2. The number of anilines is 1. The molecule has 3 rings (SSSR count). The first-order chi connectivity index (χ1) is 15.9. The Hall–Kier alpha value is -4.24. The van der Waals surface area contributed by atoms with E-state index in [4.69, 9.17) is 16.3 Å². The van der Waals surface area contributed by atoms with E-state index < -0.39 is 10.8 Å². The van der Waals surface area contributed by atoms with E-state index in [2.05, 4.69) is 15.8 Å². The Balaban J connectivity index is 1.51. The van der Waals surface area contributed by atoms with Gasteiger partial charge in [0.1, 0.15) is 5.75 Å². The van der Waals surface area contributed by atoms with Crippen LogP contribution >= 0.6 is 11.6 Å². The number of nitrogens with zero attached hydrogens (tertiary/aromatic N) is 2. The number of hydrazone groups is 1. The zero-order chi connectivity index (χ0) is 23.6. The van der Waals surface area contributed by atoms with Crippen LogP contribution in [-0.4, -0.2) is 29.6 Å². The van der Waals surface area contributed by atoms with Crippen molar-refractivity contribution in [2.45, 2.75) is 6.42 Å². The van der Waals surface area contributed by atoms with Gasteiger partial charge in [0.25, 0.3) is 11.6 Å². The van der Waals surface area contributed by atoms with Gasteiger partial charge < -0.3 is 10.1 Å². The van der Waals surface area contributed by atoms with Crippen LogP contribution in [0.4, 0.5) is 11.4 Å². The lowest BCUT2D eigenvalue weighted by Crippen LogP contribution is -2.20. The molecule has 0 unspecified atom stereocenters. The second kappa shape index (κ2) is 11.4. The molecule has 33 heavy (non-hydrogen) atoms. The number of nitrogens with one attached hydrogen (secondary N) is 2. The highest BCUT2D eigenvalue weighted by atomic mass is 35.5. The monoisotopic (exact) mass is 466 g/mol. The van der Waals surface area contributed by atoms with Crippen LogP contribution in [0.5, 0.6) is 5.75 Å². The zero-order valence-electron chi connectivity index (χ0n) is 17.2. The molecule has 0 aromatic heterocycles. The minimum Gasteiger partial charge on any atom is -0.482 e. The number of carbonyl (C=O) groups excluding carboxylic acids is 2. The lowest BCUT2D eigenvalue weighted by atomic mass is 10.1. The number of hydrogen-bond acceptors (Lipinski definition) is 6. The molecule has 2 N–H and O–H groups in total. The number of nitro benzene ring substituents is 1. The molecule has 0 atom stereocenters. The summed E-state index contributed by atoms with van der Waals surface area (Å²) in [6, 6.07) is 19.8. The van der Waals surface area contributed by atoms with Crippen LogP contribution in [0.1, 0.15) is 11.1 Å². The summed E-state index contributed by atoms with van der Waals surface area (Å²) >= 11 is 6.20. The Bertz CT molecular complexity index is 1180. The minimum atomic E-state index is -0.539. The van der Waals surface area contributed by atoms with Crippen LogP contribution in [-0.2, 0) is 16.0 Å². The number of amides is 2. The van der Waals surface area contributed by atoms with Crippen molar-refractivity contribution in [1.82, 2.24) is 5.43 Å². The van der Waals surface area contributed by atoms with Crippen LogP contribution in [0, 0.1) is 10.1 Å². The van der Waals surface area contributed by atoms with Gasteiger partial charge in [-0.25, -0.2) is 5.43 Å². The average Bonchev–Trinajstić information content (AvgIpc) is 2.79. The molecule has 3 aromatic rings. The Kier molecular flexibility index (Phi) is 8.09. The molecule has 0 saturated carbocycles. The van der Waals surface area contributed by atoms with E-state index in [0.29, 0.717) is 17.0 Å². The van der Waals surface area contributed by atoms with E-state index in [1.165, 1.54) is 24.4 Å². The molecular weight excluding hydrogens is 448 g/mol. The van der Waals surface area contributed by atoms with Gasteiger partial charge in [0.15, 0.2) is 6.61 Å². The van der Waals surface area contributed by atoms with E-state index in [-0.39, 0.29) is 35.2 Å². The third kappa shape index (κ3) is 7.15. The third-order valence-electron chi connectivity index (χ3n) is 4.31. The van der Waals surface area contributed by atoms with Crippen LogP contribution in [0.15, 0.2) is 77.9 Å². The first kappa shape index (κ1) is 23.4. The number of ether oxygens (including phenoxy) is 1. The summed E-state index contributed by atoms with van der Waals surface area (Å²) in [6.07, 6.45) is 1.18. The molecule has 0 fully saturated rings. The summed E-state index contributed by atoms with van der Waals surface area (Å²) in [5.41, 5.74) is 3.72. The quantitative estimate of drug-likeness (QED) is 0.281. The molecule has 9 nitrogen and oxygen atoms in total. The van der Waals surface area contributed by atoms with E-state index in [1.807, 2.05) is 18.2 Å². The maximum Gasteiger partial charge on any atom is 0.273 e. The van der Waals surface area contributed by atoms with Crippen molar-refractivity contribution in [3.8, 4) is 5.75 Å². The molecule has 2 amide bonds. The SMILES string of the molecule is O=C(Cc1ccccc1[N+](=O)[O-])N/N=C/c1ccc(OCC(=O)Nc2ccccc2)c(Cl)c1. The molecular formula is C23H19ClN4O5. The Morgan fingerprint density at radius 2 is 1.76 bits per heavy atom. The number of hydrogen-bond donors (Lipinski definition) is 2. The number of halogens is 1. The highest BCUT2D eigenvalue weighted by molar-refractivity contribution is 6.32. The topological polar surface area (TPSA) is 123 Å². The van der Waals surface area contributed by atoms with Crippen molar-refractivity contribution >= 4 is 41.0 Å². The second-order valence-electron chi connectivity index (χ2n) is 6.75. The summed E-state index contributed by atoms with van der Waals surface area (Å²) < 4.78 is 5.45. The van der Waals surface area contributed by atoms with Gasteiger partial charge in [0.05, 0.1) is 22.6 Å². The predicted molar refractivity (Wildman–Crippen MR) is 125 cm³/mol. The highest BCUT2D eigenvalue weighted by Gasteiger charge is 2.15. The molecule has 0 radical (unpaired) electrons. The molecule has 0 aliphatic carbocycles. The van der Waals surface area contributed by atoms with Gasteiger partial charge >= 0.3 is 0 Å². The van der Waals surface area contributed by atoms with Crippen molar-refractivity contribution in [2.75, 3.05) is 11.9 Å². The number of carbonyl (C=O) groups is 2. The molecule has 0 heterocycles. The largest absolute Gasteiger partial charge is 0.482 e. The van der Waals surface area contributed by atoms with E-state index >= 15 is 0 Å². The van der Waals surface area contributed by atoms with Gasteiger partial charge in [-0.3, -0.25) is 19.7 Å². The number of nitro groups is 1. The van der Waals surface area contributed by atoms with Crippen LogP contribution in [0.2, 0.25) is 5.02 Å². The van der Waals surface area contributed by atoms with Gasteiger partial charge in [0, 0.05) is 17.3 Å². The molecule has 0 bridgehead atoms. The standard InChI is InChI=1S/C23H19ClN4O5/c24-19-12-16(10-11-21(19)33-15-23(30)26-18-7-2-1-3-8-18)14-25-27-22(29)13-17-6-4-5-9-20(17)28(31)32/h1-12,14H,13,15H2,(H,26,30)(H,27,29)/b25-14+. The Labute approximate surface area is 194 Å². The van der Waals surface area contributed by atoms with E-state index in [0.717, 1.165) is 0 Å². The highest BCUT2D eigenvalue weighted by Crippen LogP contribution is 2.25. The maximum atomic E-state index is 12.0. The normalized spacial score (nSPS) is 10.6. The Morgan fingerprint density at radius 3 is 2.48 bits per heavy atom. The second-order valence-corrected chi connectivity index (χ2v) is 7.16. The smallest absolute Gasteiger partial charge is 0.273 e. The van der Waals surface area contributed by atoms with Gasteiger partial charge in [-0.1, -0.05) is 48.0 Å². The van der Waals surface area contributed by atoms with Gasteiger partial charge in [-0.2, -0.15) is 5.10 Å². The summed E-state index contributed by atoms with van der Waals surface area (Å²) in [7, 11) is 0. The van der Waals surface area contributed by atoms with Gasteiger partial charge in [-0.05, 0) is 35.9 Å². The molecule has 0 spiro atoms. The van der Waals surface area contributed by atoms with Crippen LogP contribution < -0.4 is 15.5 Å². The lowest BCUT2D eigenvalue weighted by Gasteiger charge is -2.09. The first-order valence-electron chi connectivity index (χ1n) is 9.74. The molecule has 0 aliphatic heterocycles. The van der Waals surface area contributed by atoms with Crippen LogP contribution in [0.25, 0.3) is 0 Å². The maximum absolute atomic E-state index is 12.0. The average molecular weight is 467 g/mol. The van der Waals surface area contributed by atoms with Crippen molar-refractivity contribution in [3.63, 3.8) is 0 Å². The third-order valence-corrected chi connectivity index (χ3v) is 4.61. The summed E-state index contributed by atoms with van der Waals surface area (Å²) in [4.78, 5) is 34.5. The van der Waals surface area contributed by atoms with E-state index in [1.54, 1.807) is 36.4 Å². The number of rotatable bonds is 9. The van der Waals surface area contributed by atoms with Crippen LogP contribution in [0.3, 0.4) is 0 Å². The summed E-state index contributed by atoms with van der Waals surface area (Å²) in [6.45, 7) is -0.219. The first-order valence-corrected chi connectivity index (χ1v) is 10.1. The lowest BCUT2D eigenvalue weighted by molar-refractivity contribution is -0.385. The summed E-state index contributed by atoms with van der Waals surface area (Å²) in [5, 5.41) is 17.8. The van der Waals surface area contributed by atoms with Gasteiger partial charge in [-0.15, -0.1) is 0 Å². The summed E-state index contributed by atoms with van der Waals surface area (Å²) in [5.74, 6) is -0.516. The fourth-order valence-electron chi connectivity index (χ4n) is 2.81. The Morgan fingerprint density at radius 1 is 1.03 bits per heavy atom. The van der Waals surface area contributed by atoms with Crippen molar-refractivity contribution in [1.29, 1.82) is 0 Å².